The lowest BCUT2D eigenvalue weighted by molar-refractivity contribution is -0.351. The lowest BCUT2D eigenvalue weighted by atomic mass is 9.95. The fourth-order valence-corrected chi connectivity index (χ4v) is 4.76. The highest BCUT2D eigenvalue weighted by molar-refractivity contribution is 5.73. The summed E-state index contributed by atoms with van der Waals surface area (Å²) in [6, 6.07) is -2.70. The van der Waals surface area contributed by atoms with Gasteiger partial charge in [-0.15, -0.1) is 0 Å². The van der Waals surface area contributed by atoms with Gasteiger partial charge in [-0.3, -0.25) is 9.59 Å². The highest BCUT2D eigenvalue weighted by Gasteiger charge is 2.51. The van der Waals surface area contributed by atoms with E-state index in [4.69, 9.17) is 23.7 Å². The molecule has 0 aromatic rings. The Morgan fingerprint density at radius 2 is 1.20 bits per heavy atom. The summed E-state index contributed by atoms with van der Waals surface area (Å²) < 4.78 is 27.4. The van der Waals surface area contributed by atoms with E-state index < -0.39 is 124 Å². The summed E-state index contributed by atoms with van der Waals surface area (Å²) in [5.74, 6) is -1.23. The second kappa shape index (κ2) is 14.0. The van der Waals surface area contributed by atoms with Crippen molar-refractivity contribution in [2.45, 2.75) is 106 Å². The first-order valence-corrected chi connectivity index (χ1v) is 12.6. The van der Waals surface area contributed by atoms with E-state index in [9.17, 15) is 55.5 Å². The minimum atomic E-state index is -1.89. The van der Waals surface area contributed by atoms with Crippen LogP contribution in [0.5, 0.6) is 0 Å². The highest BCUT2D eigenvalue weighted by atomic mass is 16.7. The van der Waals surface area contributed by atoms with E-state index in [1.165, 1.54) is 0 Å². The molecule has 0 aliphatic carbocycles. The minimum Gasteiger partial charge on any atom is -0.394 e. The van der Waals surface area contributed by atoms with Gasteiger partial charge < -0.3 is 80.3 Å². The predicted octanol–water partition coefficient (Wildman–Crippen LogP) is -7.29. The fourth-order valence-electron chi connectivity index (χ4n) is 4.76. The molecule has 11 N–H and O–H groups in total. The molecule has 3 rings (SSSR count). The Labute approximate surface area is 228 Å². The molecule has 18 heteroatoms. The third-order valence-corrected chi connectivity index (χ3v) is 6.88. The maximum Gasteiger partial charge on any atom is 0.217 e. The summed E-state index contributed by atoms with van der Waals surface area (Å²) in [6.07, 6.45) is -21.0. The van der Waals surface area contributed by atoms with Gasteiger partial charge in [0.15, 0.2) is 18.9 Å². The van der Waals surface area contributed by atoms with Gasteiger partial charge in [0, 0.05) is 13.8 Å². The average molecular weight is 587 g/mol. The molecule has 232 valence electrons. The topological polar surface area (TPSA) is 286 Å². The maximum atomic E-state index is 11.6. The van der Waals surface area contributed by atoms with Gasteiger partial charge in [0.25, 0.3) is 0 Å². The van der Waals surface area contributed by atoms with Crippen LogP contribution in [0.25, 0.3) is 0 Å². The van der Waals surface area contributed by atoms with E-state index in [-0.39, 0.29) is 0 Å². The van der Waals surface area contributed by atoms with Gasteiger partial charge in [-0.1, -0.05) is 0 Å². The molecule has 3 aliphatic heterocycles. The van der Waals surface area contributed by atoms with Gasteiger partial charge in [0.2, 0.25) is 11.8 Å². The van der Waals surface area contributed by atoms with Gasteiger partial charge in [-0.05, 0) is 0 Å². The number of carbonyl (C=O) groups excluding carboxylic acids is 2. The van der Waals surface area contributed by atoms with E-state index in [1.807, 2.05) is 0 Å². The van der Waals surface area contributed by atoms with E-state index in [2.05, 4.69) is 10.6 Å². The summed E-state index contributed by atoms with van der Waals surface area (Å²) >= 11 is 0. The Kier molecular flexibility index (Phi) is 11.5. The van der Waals surface area contributed by atoms with E-state index >= 15 is 0 Å². The average Bonchev–Trinajstić information content (AvgIpc) is 2.90. The number of amides is 2. The van der Waals surface area contributed by atoms with Crippen LogP contribution in [0.15, 0.2) is 0 Å². The lowest BCUT2D eigenvalue weighted by Crippen LogP contribution is -2.67. The van der Waals surface area contributed by atoms with Crippen molar-refractivity contribution in [3.05, 3.63) is 0 Å². The predicted molar refractivity (Wildman–Crippen MR) is 124 cm³/mol. The molecule has 15 atom stereocenters. The molecule has 0 unspecified atom stereocenters. The lowest BCUT2D eigenvalue weighted by Gasteiger charge is -2.47. The summed E-state index contributed by atoms with van der Waals surface area (Å²) in [6.45, 7) is 0.183. The first kappa shape index (κ1) is 32.9. The van der Waals surface area contributed by atoms with Gasteiger partial charge in [0.05, 0.1) is 19.8 Å². The van der Waals surface area contributed by atoms with E-state index in [0.717, 1.165) is 13.8 Å². The number of aliphatic hydroxyl groups excluding tert-OH is 9. The molecule has 18 nitrogen and oxygen atoms in total. The van der Waals surface area contributed by atoms with Crippen LogP contribution in [0.4, 0.5) is 0 Å². The quantitative estimate of drug-likeness (QED) is 0.120. The van der Waals surface area contributed by atoms with Crippen molar-refractivity contribution < 1.29 is 79.2 Å². The molecule has 0 radical (unpaired) electrons. The molecular formula is C22H38N2O16. The number of aliphatic hydroxyl groups is 9. The Balaban J connectivity index is 1.74. The Hall–Kier alpha value is -1.62. The van der Waals surface area contributed by atoms with Crippen LogP contribution >= 0.6 is 0 Å². The first-order valence-electron chi connectivity index (χ1n) is 12.6. The monoisotopic (exact) mass is 586 g/mol. The van der Waals surface area contributed by atoms with E-state index in [1.54, 1.807) is 0 Å². The molecule has 0 bridgehead atoms. The van der Waals surface area contributed by atoms with Crippen LogP contribution in [-0.2, 0) is 33.3 Å². The zero-order valence-corrected chi connectivity index (χ0v) is 21.7. The second-order valence-corrected chi connectivity index (χ2v) is 9.85. The molecule has 0 saturated carbocycles. The largest absolute Gasteiger partial charge is 0.394 e. The van der Waals surface area contributed by atoms with Gasteiger partial charge in [0.1, 0.15) is 73.1 Å². The van der Waals surface area contributed by atoms with Crippen molar-refractivity contribution >= 4 is 11.8 Å². The van der Waals surface area contributed by atoms with Crippen LogP contribution in [-0.4, -0.2) is 170 Å². The van der Waals surface area contributed by atoms with Crippen LogP contribution in [0.1, 0.15) is 13.8 Å². The molecule has 3 saturated heterocycles. The Bertz CT molecular complexity index is 854. The molecular weight excluding hydrogens is 548 g/mol. The van der Waals surface area contributed by atoms with Gasteiger partial charge in [-0.25, -0.2) is 0 Å². The molecule has 0 aromatic carbocycles. The smallest absolute Gasteiger partial charge is 0.217 e. The minimum absolute atomic E-state index is 0.604. The van der Waals surface area contributed by atoms with Crippen molar-refractivity contribution in [1.29, 1.82) is 0 Å². The first-order chi connectivity index (χ1) is 18.8. The van der Waals surface area contributed by atoms with Crippen molar-refractivity contribution in [2.75, 3.05) is 19.8 Å². The fraction of sp³-hybridized carbons (Fsp3) is 0.909. The highest BCUT2D eigenvalue weighted by Crippen LogP contribution is 2.30. The van der Waals surface area contributed by atoms with Gasteiger partial charge in [-0.2, -0.15) is 0 Å². The van der Waals surface area contributed by atoms with Crippen LogP contribution in [0, 0.1) is 0 Å². The number of ether oxygens (including phenoxy) is 5. The maximum absolute atomic E-state index is 11.6. The van der Waals surface area contributed by atoms with Crippen molar-refractivity contribution in [2.24, 2.45) is 0 Å². The normalized spacial score (nSPS) is 46.0. The number of hydrogen-bond donors (Lipinski definition) is 11. The standard InChI is InChI=1S/C22H38N2O16/c1-6(27)23-11-16(32)19(9(4-26)37-20(11)35)40-22-18(34)17(33)14(30)10(39-22)5-36-21-12(24-7(2)28)15(31)13(29)8(3-25)38-21/h8-22,25-26,29-35H,3-5H2,1-2H3,(H,23,27)(H,24,28)/t8-,9-,10-,11-,12-,13+,14+,15-,16-,17+,18-,19-,20+,21-,22+/m1/s1. The molecule has 3 heterocycles. The third kappa shape index (κ3) is 7.23. The third-order valence-electron chi connectivity index (χ3n) is 6.88. The van der Waals surface area contributed by atoms with Crippen molar-refractivity contribution in [3.8, 4) is 0 Å². The molecule has 0 aromatic heterocycles. The number of nitrogens with one attached hydrogen (secondary N) is 2. The number of rotatable bonds is 9. The SMILES string of the molecule is CC(=O)N[C@@H]1[C@@H](O)[C@H](O[C@@H]2O[C@H](CO[C@@H]3O[C@H](CO)[C@H](O)[C@H](O)[C@H]3NC(C)=O)[C@H](O)[C@H](O)[C@H]2O)[C@@H](CO)O[C@@H]1O. The number of carbonyl (C=O) groups is 2. The molecule has 40 heavy (non-hydrogen) atoms. The Morgan fingerprint density at radius 1 is 0.650 bits per heavy atom. The van der Waals surface area contributed by atoms with Crippen LogP contribution in [0.3, 0.4) is 0 Å². The Morgan fingerprint density at radius 3 is 1.77 bits per heavy atom. The van der Waals surface area contributed by atoms with Gasteiger partial charge >= 0.3 is 0 Å². The number of hydrogen-bond acceptors (Lipinski definition) is 16. The summed E-state index contributed by atoms with van der Waals surface area (Å²) in [5, 5.41) is 96.6. The molecule has 3 aliphatic rings. The zero-order valence-electron chi connectivity index (χ0n) is 21.7. The second-order valence-electron chi connectivity index (χ2n) is 9.85. The molecule has 3 fully saturated rings. The van der Waals surface area contributed by atoms with Crippen LogP contribution in [0.2, 0.25) is 0 Å². The van der Waals surface area contributed by atoms with E-state index in [0.29, 0.717) is 0 Å². The van der Waals surface area contributed by atoms with Crippen molar-refractivity contribution in [1.82, 2.24) is 10.6 Å². The van der Waals surface area contributed by atoms with Crippen molar-refractivity contribution in [3.63, 3.8) is 0 Å². The summed E-state index contributed by atoms with van der Waals surface area (Å²) in [7, 11) is 0. The molecule has 0 spiro atoms. The molecule has 2 amide bonds. The summed E-state index contributed by atoms with van der Waals surface area (Å²) in [4.78, 5) is 23.1. The van der Waals surface area contributed by atoms with Crippen LogP contribution < -0.4 is 10.6 Å². The summed E-state index contributed by atoms with van der Waals surface area (Å²) in [5.41, 5.74) is 0. The zero-order chi connectivity index (χ0) is 29.9.